The van der Waals surface area contributed by atoms with E-state index < -0.39 is 11.8 Å². The van der Waals surface area contributed by atoms with Gasteiger partial charge in [0.25, 0.3) is 0 Å². The number of amides is 2. The summed E-state index contributed by atoms with van der Waals surface area (Å²) in [4.78, 5) is 33.7. The molecule has 1 aliphatic carbocycles. The number of hydrogen-bond donors (Lipinski definition) is 1. The van der Waals surface area contributed by atoms with Crippen LogP contribution in [0.2, 0.25) is 0 Å². The van der Waals surface area contributed by atoms with E-state index in [0.717, 1.165) is 48.1 Å². The molecule has 35 heavy (non-hydrogen) atoms. The quantitative estimate of drug-likeness (QED) is 0.589. The zero-order chi connectivity index (χ0) is 24.2. The van der Waals surface area contributed by atoms with Crippen molar-refractivity contribution in [3.05, 3.63) is 71.0 Å². The first-order valence-electron chi connectivity index (χ1n) is 12.0. The minimum Gasteiger partial charge on any atom is -0.463 e. The fourth-order valence-corrected chi connectivity index (χ4v) is 4.89. The molecule has 1 fully saturated rings. The van der Waals surface area contributed by atoms with Crippen LogP contribution in [0.1, 0.15) is 35.1 Å². The van der Waals surface area contributed by atoms with Crippen LogP contribution in [0, 0.1) is 11.3 Å². The second kappa shape index (κ2) is 10.0. The number of furan rings is 1. The van der Waals surface area contributed by atoms with Crippen molar-refractivity contribution in [2.75, 3.05) is 31.1 Å². The van der Waals surface area contributed by atoms with E-state index in [4.69, 9.17) is 9.40 Å². The van der Waals surface area contributed by atoms with E-state index in [2.05, 4.69) is 11.4 Å². The van der Waals surface area contributed by atoms with Gasteiger partial charge in [-0.1, -0.05) is 30.3 Å². The molecule has 8 nitrogen and oxygen atoms in total. The highest BCUT2D eigenvalue weighted by Crippen LogP contribution is 2.36. The molecule has 1 saturated heterocycles. The Labute approximate surface area is 204 Å². The molecule has 3 heterocycles. The molecule has 2 amide bonds. The van der Waals surface area contributed by atoms with Crippen molar-refractivity contribution < 1.29 is 14.0 Å². The Morgan fingerprint density at radius 2 is 1.74 bits per heavy atom. The maximum Gasteiger partial charge on any atom is 0.312 e. The molecule has 0 spiro atoms. The van der Waals surface area contributed by atoms with Gasteiger partial charge in [-0.2, -0.15) is 5.26 Å². The van der Waals surface area contributed by atoms with Gasteiger partial charge in [-0.15, -0.1) is 0 Å². The summed E-state index contributed by atoms with van der Waals surface area (Å²) in [5, 5.41) is 12.7. The lowest BCUT2D eigenvalue weighted by atomic mass is 9.87. The molecule has 0 atom stereocenters. The van der Waals surface area contributed by atoms with Crippen LogP contribution >= 0.6 is 0 Å². The van der Waals surface area contributed by atoms with Crippen molar-refractivity contribution >= 4 is 17.6 Å². The molecule has 0 unspecified atom stereocenters. The Balaban J connectivity index is 1.31. The van der Waals surface area contributed by atoms with Gasteiger partial charge in [0.2, 0.25) is 0 Å². The Morgan fingerprint density at radius 3 is 2.43 bits per heavy atom. The first-order chi connectivity index (χ1) is 17.2. The van der Waals surface area contributed by atoms with Gasteiger partial charge in [-0.05, 0) is 54.5 Å². The molecule has 1 aromatic carbocycles. The number of carbonyl (C=O) groups excluding carboxylic acids is 2. The average Bonchev–Trinajstić information content (AvgIpc) is 3.46. The minimum absolute atomic E-state index is 0.311. The third-order valence-electron chi connectivity index (χ3n) is 6.72. The maximum atomic E-state index is 12.7. The predicted octanol–water partition coefficient (Wildman–Crippen LogP) is 3.06. The number of nitrogens with zero attached hydrogens (tertiary/aromatic N) is 4. The molecule has 1 N–H and O–H groups in total. The number of anilines is 1. The third-order valence-corrected chi connectivity index (χ3v) is 6.72. The predicted molar refractivity (Wildman–Crippen MR) is 130 cm³/mol. The van der Waals surface area contributed by atoms with Gasteiger partial charge < -0.3 is 19.5 Å². The van der Waals surface area contributed by atoms with E-state index >= 15 is 0 Å². The minimum atomic E-state index is -0.605. The summed E-state index contributed by atoms with van der Waals surface area (Å²) in [7, 11) is 0. The van der Waals surface area contributed by atoms with Crippen molar-refractivity contribution in [1.29, 1.82) is 5.26 Å². The number of nitriles is 1. The highest BCUT2D eigenvalue weighted by molar-refractivity contribution is 6.35. The van der Waals surface area contributed by atoms with Crippen LogP contribution in [0.25, 0.3) is 11.5 Å². The fraction of sp³-hybridized carbons (Fsp3) is 0.333. The van der Waals surface area contributed by atoms with Crippen molar-refractivity contribution in [3.8, 4) is 17.5 Å². The zero-order valence-corrected chi connectivity index (χ0v) is 19.5. The van der Waals surface area contributed by atoms with Crippen LogP contribution in [0.5, 0.6) is 0 Å². The van der Waals surface area contributed by atoms with E-state index in [0.29, 0.717) is 49.9 Å². The number of benzene rings is 1. The van der Waals surface area contributed by atoms with Crippen molar-refractivity contribution in [1.82, 2.24) is 15.2 Å². The average molecular weight is 470 g/mol. The SMILES string of the molecule is N#Cc1c(N2CCN(C(=O)C(=O)NCc3ccccc3)CC2)nc(-c2ccco2)c2c1CCCC2. The molecule has 3 aromatic rings. The van der Waals surface area contributed by atoms with Gasteiger partial charge in [0.15, 0.2) is 5.76 Å². The molecule has 8 heteroatoms. The largest absolute Gasteiger partial charge is 0.463 e. The van der Waals surface area contributed by atoms with Crippen LogP contribution in [0.3, 0.4) is 0 Å². The summed E-state index contributed by atoms with van der Waals surface area (Å²) >= 11 is 0. The lowest BCUT2D eigenvalue weighted by molar-refractivity contribution is -0.146. The van der Waals surface area contributed by atoms with Crippen LogP contribution < -0.4 is 10.2 Å². The summed E-state index contributed by atoms with van der Waals surface area (Å²) in [6.45, 7) is 2.08. The molecule has 0 saturated carbocycles. The van der Waals surface area contributed by atoms with Gasteiger partial charge in [0.05, 0.1) is 11.8 Å². The molecular weight excluding hydrogens is 442 g/mol. The zero-order valence-electron chi connectivity index (χ0n) is 19.5. The molecule has 2 aromatic heterocycles. The standard InChI is InChI=1S/C27H27N5O3/c28-17-22-20-9-4-5-10-21(20)24(23-11-6-16-35-23)30-25(22)31-12-14-32(15-13-31)27(34)26(33)29-18-19-7-2-1-3-8-19/h1-3,6-8,11,16H,4-5,9-10,12-15,18H2,(H,29,33). The van der Waals surface area contributed by atoms with E-state index in [9.17, 15) is 14.9 Å². The summed E-state index contributed by atoms with van der Waals surface area (Å²) in [6, 6.07) is 15.6. The maximum absolute atomic E-state index is 12.7. The highest BCUT2D eigenvalue weighted by atomic mass is 16.3. The normalized spacial score (nSPS) is 15.3. The third kappa shape index (κ3) is 4.62. The van der Waals surface area contributed by atoms with Crippen LogP contribution in [0.15, 0.2) is 53.1 Å². The summed E-state index contributed by atoms with van der Waals surface area (Å²) in [5.41, 5.74) is 4.53. The number of carbonyl (C=O) groups is 2. The highest BCUT2D eigenvalue weighted by Gasteiger charge is 2.30. The molecule has 0 bridgehead atoms. The first kappa shape index (κ1) is 22.7. The Hall–Kier alpha value is -4.12. The number of rotatable bonds is 4. The number of nitrogens with one attached hydrogen (secondary N) is 1. The molecule has 1 aliphatic heterocycles. The van der Waals surface area contributed by atoms with Gasteiger partial charge in [0, 0.05) is 32.7 Å². The van der Waals surface area contributed by atoms with E-state index in [1.165, 1.54) is 0 Å². The van der Waals surface area contributed by atoms with Gasteiger partial charge in [0.1, 0.15) is 17.6 Å². The molecule has 2 aliphatic rings. The first-order valence-corrected chi connectivity index (χ1v) is 12.0. The number of piperazine rings is 1. The van der Waals surface area contributed by atoms with Crippen molar-refractivity contribution in [2.24, 2.45) is 0 Å². The molecular formula is C27H27N5O3. The van der Waals surface area contributed by atoms with E-state index in [1.54, 1.807) is 11.2 Å². The molecule has 5 rings (SSSR count). The topological polar surface area (TPSA) is 102 Å². The van der Waals surface area contributed by atoms with Crippen molar-refractivity contribution in [2.45, 2.75) is 32.2 Å². The second-order valence-corrected chi connectivity index (χ2v) is 8.86. The van der Waals surface area contributed by atoms with Gasteiger partial charge >= 0.3 is 11.8 Å². The van der Waals surface area contributed by atoms with Gasteiger partial charge in [-0.3, -0.25) is 9.59 Å². The lowest BCUT2D eigenvalue weighted by Crippen LogP contribution is -2.53. The molecule has 178 valence electrons. The van der Waals surface area contributed by atoms with Crippen LogP contribution in [0.4, 0.5) is 5.82 Å². The van der Waals surface area contributed by atoms with E-state index in [-0.39, 0.29) is 0 Å². The van der Waals surface area contributed by atoms with Crippen LogP contribution in [-0.4, -0.2) is 47.9 Å². The fourth-order valence-electron chi connectivity index (χ4n) is 4.89. The number of pyridine rings is 1. The Kier molecular flexibility index (Phi) is 6.49. The number of aromatic nitrogens is 1. The monoisotopic (exact) mass is 469 g/mol. The summed E-state index contributed by atoms with van der Waals surface area (Å²) < 4.78 is 5.67. The Morgan fingerprint density at radius 1 is 1.00 bits per heavy atom. The summed E-state index contributed by atoms with van der Waals surface area (Å²) in [6.07, 6.45) is 5.48. The van der Waals surface area contributed by atoms with E-state index in [1.807, 2.05) is 47.4 Å². The number of hydrogen-bond acceptors (Lipinski definition) is 6. The smallest absolute Gasteiger partial charge is 0.312 e. The summed E-state index contributed by atoms with van der Waals surface area (Å²) in [5.74, 6) is 0.209. The number of fused-ring (bicyclic) bond motifs is 1. The Bertz CT molecular complexity index is 1260. The van der Waals surface area contributed by atoms with Crippen LogP contribution in [-0.2, 0) is 29.0 Å². The van der Waals surface area contributed by atoms with Gasteiger partial charge in [-0.25, -0.2) is 4.98 Å². The lowest BCUT2D eigenvalue weighted by Gasteiger charge is -2.36. The van der Waals surface area contributed by atoms with Crippen molar-refractivity contribution in [3.63, 3.8) is 0 Å². The molecule has 0 radical (unpaired) electrons. The second-order valence-electron chi connectivity index (χ2n) is 8.86.